The third-order valence-electron chi connectivity index (χ3n) is 4.20. The Hall–Kier alpha value is -0.860. The van der Waals surface area contributed by atoms with Gasteiger partial charge in [0.2, 0.25) is 6.61 Å². The summed E-state index contributed by atoms with van der Waals surface area (Å²) >= 11 is 0. The van der Waals surface area contributed by atoms with Gasteiger partial charge in [-0.2, -0.15) is 0 Å². The van der Waals surface area contributed by atoms with Crippen molar-refractivity contribution in [3.8, 4) is 0 Å². The molecular formula is C17H26O2. The second kappa shape index (κ2) is 7.06. The molecule has 0 aromatic heterocycles. The second-order valence-corrected chi connectivity index (χ2v) is 5.72. The number of hydrogen-bond donors (Lipinski definition) is 0. The van der Waals surface area contributed by atoms with E-state index in [4.69, 9.17) is 0 Å². The van der Waals surface area contributed by atoms with Gasteiger partial charge in [0, 0.05) is 12.0 Å². The van der Waals surface area contributed by atoms with Gasteiger partial charge in [0.25, 0.3) is 5.60 Å². The predicted octanol–water partition coefficient (Wildman–Crippen LogP) is 3.86. The molecule has 1 atom stereocenters. The molecule has 0 saturated carbocycles. The van der Waals surface area contributed by atoms with Crippen molar-refractivity contribution < 1.29 is 9.78 Å². The zero-order chi connectivity index (χ0) is 13.6. The molecule has 0 amide bonds. The quantitative estimate of drug-likeness (QED) is 0.287. The van der Waals surface area contributed by atoms with Crippen LogP contribution in [0.2, 0.25) is 0 Å². The van der Waals surface area contributed by atoms with Crippen molar-refractivity contribution >= 4 is 0 Å². The highest BCUT2D eigenvalue weighted by Gasteiger charge is 2.59. The SMILES string of the molecule is CCCCCCCCCC1(c2ccccc2)C[O+]1[O-]. The zero-order valence-corrected chi connectivity index (χ0v) is 12.1. The van der Waals surface area contributed by atoms with Crippen LogP contribution in [0.15, 0.2) is 30.3 Å². The van der Waals surface area contributed by atoms with Gasteiger partial charge in [0.1, 0.15) is 0 Å². The maximum absolute atomic E-state index is 11.6. The molecule has 0 aliphatic carbocycles. The normalized spacial score (nSPS) is 22.6. The molecule has 1 aliphatic rings. The first-order valence-electron chi connectivity index (χ1n) is 7.73. The number of rotatable bonds is 9. The van der Waals surface area contributed by atoms with Gasteiger partial charge in [-0.25, -0.2) is 0 Å². The van der Waals surface area contributed by atoms with E-state index in [1.807, 2.05) is 18.2 Å². The second-order valence-electron chi connectivity index (χ2n) is 5.72. The first-order valence-corrected chi connectivity index (χ1v) is 7.73. The van der Waals surface area contributed by atoms with Crippen LogP contribution in [-0.4, -0.2) is 6.61 Å². The summed E-state index contributed by atoms with van der Waals surface area (Å²) in [7, 11) is 0. The predicted molar refractivity (Wildman–Crippen MR) is 76.7 cm³/mol. The Labute approximate surface area is 117 Å². The van der Waals surface area contributed by atoms with Gasteiger partial charge >= 0.3 is 0 Å². The summed E-state index contributed by atoms with van der Waals surface area (Å²) in [4.78, 5) is 0. The average molecular weight is 262 g/mol. The lowest BCUT2D eigenvalue weighted by Crippen LogP contribution is -2.18. The summed E-state index contributed by atoms with van der Waals surface area (Å²) in [6.07, 6.45) is 10.1. The molecule has 1 heterocycles. The van der Waals surface area contributed by atoms with Crippen LogP contribution in [0.1, 0.15) is 63.9 Å². The van der Waals surface area contributed by atoms with Crippen LogP contribution in [0.4, 0.5) is 0 Å². The van der Waals surface area contributed by atoms with E-state index >= 15 is 0 Å². The molecule has 1 saturated heterocycles. The minimum absolute atomic E-state index is 0.259. The van der Waals surface area contributed by atoms with E-state index in [0.717, 1.165) is 12.8 Å². The van der Waals surface area contributed by atoms with Crippen LogP contribution in [0.3, 0.4) is 0 Å². The monoisotopic (exact) mass is 262 g/mol. The molecule has 0 spiro atoms. The molecule has 1 unspecified atom stereocenters. The van der Waals surface area contributed by atoms with E-state index in [-0.39, 0.29) is 5.60 Å². The van der Waals surface area contributed by atoms with Crippen molar-refractivity contribution in [2.24, 2.45) is 0 Å². The largest absolute Gasteiger partial charge is 0.533 e. The van der Waals surface area contributed by atoms with E-state index < -0.39 is 0 Å². The maximum Gasteiger partial charge on any atom is 0.267 e. The minimum Gasteiger partial charge on any atom is -0.533 e. The fourth-order valence-electron chi connectivity index (χ4n) is 2.84. The molecule has 1 aliphatic heterocycles. The highest BCUT2D eigenvalue weighted by molar-refractivity contribution is 5.26. The third-order valence-corrected chi connectivity index (χ3v) is 4.20. The summed E-state index contributed by atoms with van der Waals surface area (Å²) in [5, 5.41) is 11.6. The van der Waals surface area contributed by atoms with Gasteiger partial charge in [0.15, 0.2) is 0 Å². The van der Waals surface area contributed by atoms with E-state index in [9.17, 15) is 5.26 Å². The fraction of sp³-hybridized carbons (Fsp3) is 0.647. The van der Waals surface area contributed by atoms with Crippen molar-refractivity contribution in [2.75, 3.05) is 6.61 Å². The highest BCUT2D eigenvalue weighted by Crippen LogP contribution is 2.47. The molecule has 2 rings (SSSR count). The first-order chi connectivity index (χ1) is 9.29. The number of hydrogen-bond acceptors (Lipinski definition) is 1. The molecule has 1 aromatic rings. The van der Waals surface area contributed by atoms with Crippen LogP contribution >= 0.6 is 0 Å². The Morgan fingerprint density at radius 2 is 1.58 bits per heavy atom. The maximum atomic E-state index is 11.6. The number of epoxide rings is 1. The fourth-order valence-corrected chi connectivity index (χ4v) is 2.84. The molecule has 1 aromatic carbocycles. The van der Waals surface area contributed by atoms with Crippen LogP contribution < -0.4 is 5.26 Å². The summed E-state index contributed by atoms with van der Waals surface area (Å²) in [6.45, 7) is 2.85. The number of unbranched alkanes of at least 4 members (excludes halogenated alkanes) is 6. The van der Waals surface area contributed by atoms with E-state index in [2.05, 4.69) is 23.6 Å². The molecule has 19 heavy (non-hydrogen) atoms. The summed E-state index contributed by atoms with van der Waals surface area (Å²) < 4.78 is 2.05. The lowest BCUT2D eigenvalue weighted by atomic mass is 9.93. The topological polar surface area (TPSA) is 25.8 Å². The smallest absolute Gasteiger partial charge is 0.267 e. The molecule has 0 N–H and O–H groups in total. The third kappa shape index (κ3) is 3.80. The van der Waals surface area contributed by atoms with Gasteiger partial charge in [-0.3, -0.25) is 0 Å². The summed E-state index contributed by atoms with van der Waals surface area (Å²) in [5.74, 6) is 0. The minimum atomic E-state index is -0.259. The Morgan fingerprint density at radius 3 is 2.16 bits per heavy atom. The Morgan fingerprint density at radius 1 is 1.00 bits per heavy atom. The molecule has 2 nitrogen and oxygen atoms in total. The van der Waals surface area contributed by atoms with Gasteiger partial charge in [-0.15, -0.1) is 0 Å². The first kappa shape index (κ1) is 14.5. The molecule has 1 fully saturated rings. The Kier molecular flexibility index (Phi) is 5.41. The van der Waals surface area contributed by atoms with Crippen molar-refractivity contribution in [3.63, 3.8) is 0 Å². The van der Waals surface area contributed by atoms with Gasteiger partial charge < -0.3 is 9.78 Å². The molecular weight excluding hydrogens is 236 g/mol. The lowest BCUT2D eigenvalue weighted by Gasteiger charge is -2.12. The van der Waals surface area contributed by atoms with E-state index in [1.165, 1.54) is 44.1 Å². The van der Waals surface area contributed by atoms with Gasteiger partial charge in [-0.05, 0) is 6.42 Å². The summed E-state index contributed by atoms with van der Waals surface area (Å²) in [5.41, 5.74) is 0.908. The van der Waals surface area contributed by atoms with Crippen molar-refractivity contribution in [3.05, 3.63) is 35.9 Å². The van der Waals surface area contributed by atoms with Crippen molar-refractivity contribution in [2.45, 2.75) is 63.9 Å². The lowest BCUT2D eigenvalue weighted by molar-refractivity contribution is -0.747. The van der Waals surface area contributed by atoms with Crippen LogP contribution in [0, 0.1) is 0 Å². The van der Waals surface area contributed by atoms with Crippen molar-refractivity contribution in [1.82, 2.24) is 0 Å². The van der Waals surface area contributed by atoms with Crippen LogP contribution in [0.5, 0.6) is 0 Å². The molecule has 2 heteroatoms. The zero-order valence-electron chi connectivity index (χ0n) is 12.1. The van der Waals surface area contributed by atoms with Gasteiger partial charge in [0.05, 0.1) is 0 Å². The summed E-state index contributed by atoms with van der Waals surface area (Å²) in [6, 6.07) is 10.2. The van der Waals surface area contributed by atoms with E-state index in [1.54, 1.807) is 0 Å². The Balaban J connectivity index is 1.70. The van der Waals surface area contributed by atoms with Crippen molar-refractivity contribution in [1.29, 1.82) is 0 Å². The van der Waals surface area contributed by atoms with Crippen LogP contribution in [-0.2, 0) is 10.1 Å². The molecule has 0 bridgehead atoms. The van der Waals surface area contributed by atoms with E-state index in [0.29, 0.717) is 6.61 Å². The van der Waals surface area contributed by atoms with Crippen LogP contribution in [0.25, 0.3) is 0 Å². The highest BCUT2D eigenvalue weighted by atomic mass is 17.3. The average Bonchev–Trinajstić information content (AvgIpc) is 3.11. The standard InChI is InChI=1S/C17H26O2/c1-2-3-4-5-6-7-11-14-17(15-19(17)18)16-12-9-8-10-13-16/h8-10,12-13H,2-7,11,14-15H2,1H3. The Bertz CT molecular complexity index is 363. The molecule has 0 radical (unpaired) electrons. The van der Waals surface area contributed by atoms with Gasteiger partial charge in [-0.1, -0.05) is 75.8 Å². The molecule has 106 valence electrons. The number of benzene rings is 1.